The topological polar surface area (TPSA) is 74.7 Å². The zero-order valence-electron chi connectivity index (χ0n) is 7.24. The molecule has 0 aliphatic carbocycles. The lowest BCUT2D eigenvalue weighted by molar-refractivity contribution is -0.175. The van der Waals surface area contributed by atoms with E-state index in [4.69, 9.17) is 5.11 Å². The van der Waals surface area contributed by atoms with Gasteiger partial charge in [-0.15, -0.1) is 0 Å². The molecule has 1 unspecified atom stereocenters. The Labute approximate surface area is 81.5 Å². The van der Waals surface area contributed by atoms with Gasteiger partial charge in [0.05, 0.1) is 6.54 Å². The lowest BCUT2D eigenvalue weighted by Gasteiger charge is -2.11. The molecular weight excluding hydrogens is 219 g/mol. The smallest absolute Gasteiger partial charge is 0.450 e. The minimum Gasteiger partial charge on any atom is -0.465 e. The van der Waals surface area contributed by atoms with E-state index in [0.717, 1.165) is 0 Å². The molecule has 0 saturated carbocycles. The summed E-state index contributed by atoms with van der Waals surface area (Å²) in [5.41, 5.74) is 0. The molecule has 15 heavy (non-hydrogen) atoms. The van der Waals surface area contributed by atoms with Gasteiger partial charge < -0.3 is 5.11 Å². The van der Waals surface area contributed by atoms with Gasteiger partial charge in [0.25, 0.3) is 0 Å². The first-order chi connectivity index (χ1) is 6.73. The monoisotopic (exact) mass is 225 g/mol. The van der Waals surface area contributed by atoms with E-state index < -0.39 is 42.8 Å². The van der Waals surface area contributed by atoms with E-state index >= 15 is 0 Å². The first kappa shape index (κ1) is 11.5. The number of carbonyl (C=O) groups excluding carboxylic acids is 2. The number of alkyl halides is 3. The average molecular weight is 225 g/mol. The number of Topliss-reactive ketones (excluding diaryl/α,β-unsaturated/α-hetero) is 2. The molecule has 0 bridgehead atoms. The number of ketones is 2. The lowest BCUT2D eigenvalue weighted by Crippen LogP contribution is -2.35. The Balaban J connectivity index is 2.78. The van der Waals surface area contributed by atoms with Gasteiger partial charge in [-0.05, 0) is 0 Å². The molecule has 8 heteroatoms. The van der Waals surface area contributed by atoms with Gasteiger partial charge in [0.1, 0.15) is 5.92 Å². The largest absolute Gasteiger partial charge is 0.465 e. The van der Waals surface area contributed by atoms with Gasteiger partial charge in [-0.3, -0.25) is 14.5 Å². The summed E-state index contributed by atoms with van der Waals surface area (Å²) in [6, 6.07) is 0. The number of nitrogens with zero attached hydrogens (tertiary/aromatic N) is 1. The molecular formula is C7H6F3NO4. The molecule has 1 N–H and O–H groups in total. The van der Waals surface area contributed by atoms with Crippen LogP contribution in [0.25, 0.3) is 0 Å². The van der Waals surface area contributed by atoms with Gasteiger partial charge in [0.2, 0.25) is 5.78 Å². The molecule has 0 radical (unpaired) electrons. The van der Waals surface area contributed by atoms with E-state index in [1.54, 1.807) is 0 Å². The Morgan fingerprint density at radius 2 is 1.93 bits per heavy atom. The van der Waals surface area contributed by atoms with Crippen LogP contribution in [-0.2, 0) is 9.59 Å². The minimum atomic E-state index is -5.10. The molecule has 0 aromatic rings. The van der Waals surface area contributed by atoms with Crippen LogP contribution in [0.15, 0.2) is 0 Å². The first-order valence-corrected chi connectivity index (χ1v) is 3.85. The summed E-state index contributed by atoms with van der Waals surface area (Å²) < 4.78 is 35.8. The summed E-state index contributed by atoms with van der Waals surface area (Å²) in [7, 11) is 0. The summed E-state index contributed by atoms with van der Waals surface area (Å²) in [6.45, 7) is -1.38. The summed E-state index contributed by atoms with van der Waals surface area (Å²) in [6.07, 6.45) is -6.62. The van der Waals surface area contributed by atoms with Crippen molar-refractivity contribution in [3.8, 4) is 0 Å². The maximum Gasteiger partial charge on any atom is 0.450 e. The zero-order valence-corrected chi connectivity index (χ0v) is 7.24. The highest BCUT2D eigenvalue weighted by molar-refractivity contribution is 6.08. The number of likely N-dealkylation sites (tertiary alicyclic amines) is 1. The van der Waals surface area contributed by atoms with Gasteiger partial charge in [-0.25, -0.2) is 4.79 Å². The van der Waals surface area contributed by atoms with E-state index in [-0.39, 0.29) is 0 Å². The van der Waals surface area contributed by atoms with E-state index in [9.17, 15) is 27.6 Å². The van der Waals surface area contributed by atoms with Crippen LogP contribution in [0.2, 0.25) is 0 Å². The highest BCUT2D eigenvalue weighted by Gasteiger charge is 2.49. The fourth-order valence-electron chi connectivity index (χ4n) is 1.26. The third-order valence-corrected chi connectivity index (χ3v) is 2.00. The van der Waals surface area contributed by atoms with E-state index in [0.29, 0.717) is 4.90 Å². The molecule has 1 saturated heterocycles. The van der Waals surface area contributed by atoms with Crippen LogP contribution < -0.4 is 0 Å². The van der Waals surface area contributed by atoms with Crippen molar-refractivity contribution in [2.24, 2.45) is 5.92 Å². The fraction of sp³-hybridized carbons (Fsp3) is 0.571. The van der Waals surface area contributed by atoms with Crippen LogP contribution in [-0.4, -0.2) is 46.9 Å². The molecule has 0 aromatic carbocycles. The predicted molar refractivity (Wildman–Crippen MR) is 39.2 cm³/mol. The molecule has 1 heterocycles. The third-order valence-electron chi connectivity index (χ3n) is 2.00. The molecule has 1 aliphatic rings. The second-order valence-electron chi connectivity index (χ2n) is 3.04. The number of hydrogen-bond donors (Lipinski definition) is 1. The van der Waals surface area contributed by atoms with Crippen molar-refractivity contribution in [3.05, 3.63) is 0 Å². The molecule has 0 aromatic heterocycles. The number of carbonyl (C=O) groups is 3. The Bertz CT molecular complexity index is 325. The number of hydrogen-bond acceptors (Lipinski definition) is 3. The van der Waals surface area contributed by atoms with Crippen molar-refractivity contribution in [2.75, 3.05) is 13.1 Å². The third kappa shape index (κ3) is 2.25. The van der Waals surface area contributed by atoms with Crippen LogP contribution in [0.4, 0.5) is 18.0 Å². The van der Waals surface area contributed by atoms with Gasteiger partial charge in [0.15, 0.2) is 5.78 Å². The van der Waals surface area contributed by atoms with Gasteiger partial charge in [0, 0.05) is 6.54 Å². The van der Waals surface area contributed by atoms with Crippen molar-refractivity contribution < 1.29 is 32.7 Å². The summed E-state index contributed by atoms with van der Waals surface area (Å²) in [5, 5.41) is 8.41. The average Bonchev–Trinajstić information content (AvgIpc) is 2.44. The Morgan fingerprint density at radius 1 is 1.40 bits per heavy atom. The Kier molecular flexibility index (Phi) is 2.69. The zero-order chi connectivity index (χ0) is 11.8. The van der Waals surface area contributed by atoms with Crippen LogP contribution in [0.1, 0.15) is 0 Å². The summed E-state index contributed by atoms with van der Waals surface area (Å²) in [4.78, 5) is 32.5. The van der Waals surface area contributed by atoms with Crippen molar-refractivity contribution in [2.45, 2.75) is 6.18 Å². The molecule has 5 nitrogen and oxygen atoms in total. The van der Waals surface area contributed by atoms with Crippen LogP contribution in [0.5, 0.6) is 0 Å². The lowest BCUT2D eigenvalue weighted by atomic mass is 10.0. The second kappa shape index (κ2) is 3.52. The van der Waals surface area contributed by atoms with Crippen molar-refractivity contribution in [3.63, 3.8) is 0 Å². The standard InChI is InChI=1S/C7H6F3NO4/c8-7(9,10)5(13)3-1-11(6(14)15)2-4(3)12/h3H,1-2H2,(H,14,15). The molecule has 1 fully saturated rings. The maximum atomic E-state index is 11.9. The van der Waals surface area contributed by atoms with Crippen LogP contribution in [0, 0.1) is 5.92 Å². The SMILES string of the molecule is O=C1CN(C(=O)O)CC1C(=O)C(F)(F)F. The van der Waals surface area contributed by atoms with Gasteiger partial charge in [-0.1, -0.05) is 0 Å². The molecule has 84 valence electrons. The van der Waals surface area contributed by atoms with Crippen molar-refractivity contribution in [1.82, 2.24) is 4.90 Å². The second-order valence-corrected chi connectivity index (χ2v) is 3.04. The quantitative estimate of drug-likeness (QED) is 0.651. The van der Waals surface area contributed by atoms with Crippen molar-refractivity contribution in [1.29, 1.82) is 0 Å². The normalized spacial score (nSPS) is 21.9. The molecule has 1 atom stereocenters. The van der Waals surface area contributed by atoms with Gasteiger partial charge in [-0.2, -0.15) is 13.2 Å². The Hall–Kier alpha value is -1.60. The van der Waals surface area contributed by atoms with E-state index in [2.05, 4.69) is 0 Å². The van der Waals surface area contributed by atoms with E-state index in [1.807, 2.05) is 0 Å². The van der Waals surface area contributed by atoms with Crippen LogP contribution in [0.3, 0.4) is 0 Å². The van der Waals surface area contributed by atoms with Gasteiger partial charge >= 0.3 is 12.3 Å². The maximum absolute atomic E-state index is 11.9. The summed E-state index contributed by atoms with van der Waals surface area (Å²) >= 11 is 0. The number of carboxylic acid groups (broad SMARTS) is 1. The number of rotatable bonds is 1. The van der Waals surface area contributed by atoms with Crippen molar-refractivity contribution >= 4 is 17.7 Å². The first-order valence-electron chi connectivity index (χ1n) is 3.85. The Morgan fingerprint density at radius 3 is 2.27 bits per heavy atom. The fourth-order valence-corrected chi connectivity index (χ4v) is 1.26. The minimum absolute atomic E-state index is 0.483. The van der Waals surface area contributed by atoms with Crippen LogP contribution >= 0.6 is 0 Å². The summed E-state index contributed by atoms with van der Waals surface area (Å²) in [5.74, 6) is -5.10. The van der Waals surface area contributed by atoms with E-state index in [1.165, 1.54) is 0 Å². The molecule has 1 aliphatic heterocycles. The number of amides is 1. The highest BCUT2D eigenvalue weighted by atomic mass is 19.4. The molecule has 1 rings (SSSR count). The molecule has 0 spiro atoms. The molecule has 1 amide bonds. The highest BCUT2D eigenvalue weighted by Crippen LogP contribution is 2.25. The number of halogens is 3. The predicted octanol–water partition coefficient (Wildman–Crippen LogP) is 0.297.